The van der Waals surface area contributed by atoms with Gasteiger partial charge in [-0.05, 0) is 35.4 Å². The number of halogens is 7. The molecule has 0 fully saturated rings. The minimum absolute atomic E-state index is 0.0206. The zero-order valence-corrected chi connectivity index (χ0v) is 14.5. The van der Waals surface area contributed by atoms with Gasteiger partial charge in [0.1, 0.15) is 17.4 Å². The van der Waals surface area contributed by atoms with E-state index in [0.717, 1.165) is 42.5 Å². The Kier molecular flexibility index (Phi) is 5.93. The summed E-state index contributed by atoms with van der Waals surface area (Å²) in [7, 11) is 0. The molecule has 27 heavy (non-hydrogen) atoms. The summed E-state index contributed by atoms with van der Waals surface area (Å²) in [5.74, 6) is -3.80. The Labute approximate surface area is 156 Å². The minimum atomic E-state index is -4.92. The number of carboxylic acids is 1. The van der Waals surface area contributed by atoms with E-state index in [1.165, 1.54) is 0 Å². The number of ether oxygens (including phenoxy) is 2. The van der Waals surface area contributed by atoms with E-state index < -0.39 is 36.1 Å². The fourth-order valence-corrected chi connectivity index (χ4v) is 2.84. The van der Waals surface area contributed by atoms with Crippen molar-refractivity contribution in [3.63, 3.8) is 0 Å². The maximum absolute atomic E-state index is 12.3. The Balaban J connectivity index is 2.34. The third kappa shape index (κ3) is 6.05. The standard InChI is InChI=1S/C16H9BrF6O4/c17-12-7-10(27-16(21,22)23)5-6-11(12)13(14(24)25)8-1-3-9(4-2-8)26-15(18,19)20/h1-7,13H,(H,24,25). The van der Waals surface area contributed by atoms with Crippen LogP contribution >= 0.6 is 15.9 Å². The van der Waals surface area contributed by atoms with Gasteiger partial charge in [0.05, 0.1) is 0 Å². The zero-order valence-electron chi connectivity index (χ0n) is 12.9. The molecule has 2 aromatic carbocycles. The molecule has 4 nitrogen and oxygen atoms in total. The highest BCUT2D eigenvalue weighted by Gasteiger charge is 2.33. The molecule has 0 saturated heterocycles. The van der Waals surface area contributed by atoms with Crippen LogP contribution in [-0.4, -0.2) is 23.8 Å². The first-order valence-electron chi connectivity index (χ1n) is 6.99. The molecule has 11 heteroatoms. The number of rotatable bonds is 5. The fourth-order valence-electron chi connectivity index (χ4n) is 2.26. The van der Waals surface area contributed by atoms with Gasteiger partial charge >= 0.3 is 18.7 Å². The lowest BCUT2D eigenvalue weighted by Crippen LogP contribution is -2.18. The molecule has 0 heterocycles. The van der Waals surface area contributed by atoms with Crippen molar-refractivity contribution in [2.24, 2.45) is 0 Å². The molecule has 0 aliphatic rings. The van der Waals surface area contributed by atoms with Crippen LogP contribution < -0.4 is 9.47 Å². The Bertz CT molecular complexity index is 817. The number of benzene rings is 2. The van der Waals surface area contributed by atoms with E-state index in [1.807, 2.05) is 0 Å². The summed E-state index contributed by atoms with van der Waals surface area (Å²) in [6, 6.07) is 7.11. The van der Waals surface area contributed by atoms with Gasteiger partial charge in [0.2, 0.25) is 0 Å². The average molecular weight is 459 g/mol. The van der Waals surface area contributed by atoms with E-state index in [4.69, 9.17) is 0 Å². The van der Waals surface area contributed by atoms with Crippen LogP contribution in [0.15, 0.2) is 46.9 Å². The molecular formula is C16H9BrF6O4. The van der Waals surface area contributed by atoms with Crippen LogP contribution in [0.4, 0.5) is 26.3 Å². The second-order valence-electron chi connectivity index (χ2n) is 5.12. The molecule has 0 aliphatic carbocycles. The number of hydrogen-bond donors (Lipinski definition) is 1. The second kappa shape index (κ2) is 7.67. The highest BCUT2D eigenvalue weighted by Crippen LogP contribution is 2.35. The van der Waals surface area contributed by atoms with Crippen LogP contribution in [0.2, 0.25) is 0 Å². The van der Waals surface area contributed by atoms with Gasteiger partial charge in [-0.1, -0.05) is 34.1 Å². The molecule has 0 amide bonds. The summed E-state index contributed by atoms with van der Waals surface area (Å²) < 4.78 is 80.8. The van der Waals surface area contributed by atoms with Gasteiger partial charge < -0.3 is 14.6 Å². The molecule has 0 bridgehead atoms. The molecule has 1 atom stereocenters. The third-order valence-corrected chi connectivity index (χ3v) is 3.90. The average Bonchev–Trinajstić information content (AvgIpc) is 2.48. The largest absolute Gasteiger partial charge is 0.573 e. The predicted molar refractivity (Wildman–Crippen MR) is 83.4 cm³/mol. The molecule has 0 aromatic heterocycles. The van der Waals surface area contributed by atoms with E-state index in [-0.39, 0.29) is 15.6 Å². The Morgan fingerprint density at radius 1 is 0.889 bits per heavy atom. The fraction of sp³-hybridized carbons (Fsp3) is 0.188. The molecule has 0 saturated carbocycles. The molecule has 2 aromatic rings. The van der Waals surface area contributed by atoms with Gasteiger partial charge in [0, 0.05) is 4.47 Å². The van der Waals surface area contributed by atoms with Crippen LogP contribution in [0, 0.1) is 0 Å². The number of alkyl halides is 6. The van der Waals surface area contributed by atoms with E-state index >= 15 is 0 Å². The van der Waals surface area contributed by atoms with Gasteiger partial charge in [-0.2, -0.15) is 0 Å². The Morgan fingerprint density at radius 3 is 1.81 bits per heavy atom. The maximum Gasteiger partial charge on any atom is 0.573 e. The predicted octanol–water partition coefficient (Wildman–Crippen LogP) is 5.46. The topological polar surface area (TPSA) is 55.8 Å². The SMILES string of the molecule is O=C(O)C(c1ccc(OC(F)(F)F)cc1)c1ccc(OC(F)(F)F)cc1Br. The van der Waals surface area contributed by atoms with E-state index in [0.29, 0.717) is 0 Å². The Morgan fingerprint density at radius 2 is 1.37 bits per heavy atom. The van der Waals surface area contributed by atoms with Gasteiger partial charge in [0.15, 0.2) is 0 Å². The lowest BCUT2D eigenvalue weighted by Gasteiger charge is -2.17. The first-order chi connectivity index (χ1) is 12.4. The summed E-state index contributed by atoms with van der Waals surface area (Å²) in [5.41, 5.74) is 0.184. The maximum atomic E-state index is 12.3. The molecule has 2 rings (SSSR count). The highest BCUT2D eigenvalue weighted by atomic mass is 79.9. The minimum Gasteiger partial charge on any atom is -0.481 e. The summed E-state index contributed by atoms with van der Waals surface area (Å²) in [6.07, 6.45) is -9.81. The Hall–Kier alpha value is -2.43. The quantitative estimate of drug-likeness (QED) is 0.604. The van der Waals surface area contributed by atoms with Gasteiger partial charge in [-0.25, -0.2) is 0 Å². The number of aliphatic carboxylic acids is 1. The molecule has 1 unspecified atom stereocenters. The summed E-state index contributed by atoms with van der Waals surface area (Å²) in [5, 5.41) is 9.47. The number of carbonyl (C=O) groups is 1. The van der Waals surface area contributed by atoms with Crippen LogP contribution in [0.1, 0.15) is 17.0 Å². The number of hydrogen-bond acceptors (Lipinski definition) is 3. The van der Waals surface area contributed by atoms with Crippen molar-refractivity contribution < 1.29 is 45.7 Å². The van der Waals surface area contributed by atoms with Crippen molar-refractivity contribution in [1.29, 1.82) is 0 Å². The van der Waals surface area contributed by atoms with Crippen molar-refractivity contribution in [2.75, 3.05) is 0 Å². The molecule has 146 valence electrons. The smallest absolute Gasteiger partial charge is 0.481 e. The lowest BCUT2D eigenvalue weighted by atomic mass is 9.91. The molecule has 0 spiro atoms. The van der Waals surface area contributed by atoms with E-state index in [1.54, 1.807) is 0 Å². The monoisotopic (exact) mass is 458 g/mol. The number of carboxylic acid groups (broad SMARTS) is 1. The van der Waals surface area contributed by atoms with Gasteiger partial charge in [-0.3, -0.25) is 4.79 Å². The van der Waals surface area contributed by atoms with E-state index in [2.05, 4.69) is 25.4 Å². The van der Waals surface area contributed by atoms with Gasteiger partial charge in [-0.15, -0.1) is 26.3 Å². The van der Waals surface area contributed by atoms with Gasteiger partial charge in [0.25, 0.3) is 0 Å². The van der Waals surface area contributed by atoms with Crippen LogP contribution in [0.25, 0.3) is 0 Å². The van der Waals surface area contributed by atoms with Crippen molar-refractivity contribution in [1.82, 2.24) is 0 Å². The van der Waals surface area contributed by atoms with Crippen molar-refractivity contribution >= 4 is 21.9 Å². The summed E-state index contributed by atoms with van der Waals surface area (Å²) in [6.45, 7) is 0. The normalized spacial score (nSPS) is 13.1. The summed E-state index contributed by atoms with van der Waals surface area (Å²) >= 11 is 2.99. The molecule has 0 radical (unpaired) electrons. The second-order valence-corrected chi connectivity index (χ2v) is 5.97. The third-order valence-electron chi connectivity index (χ3n) is 3.21. The first-order valence-corrected chi connectivity index (χ1v) is 7.79. The molecule has 0 aliphatic heterocycles. The van der Waals surface area contributed by atoms with E-state index in [9.17, 15) is 36.2 Å². The highest BCUT2D eigenvalue weighted by molar-refractivity contribution is 9.10. The van der Waals surface area contributed by atoms with Crippen LogP contribution in [0.3, 0.4) is 0 Å². The summed E-state index contributed by atoms with van der Waals surface area (Å²) in [4.78, 5) is 11.6. The van der Waals surface area contributed by atoms with Crippen LogP contribution in [-0.2, 0) is 4.79 Å². The van der Waals surface area contributed by atoms with Crippen molar-refractivity contribution in [2.45, 2.75) is 18.6 Å². The zero-order chi connectivity index (χ0) is 20.4. The van der Waals surface area contributed by atoms with Crippen LogP contribution in [0.5, 0.6) is 11.5 Å². The molecular weight excluding hydrogens is 450 g/mol. The lowest BCUT2D eigenvalue weighted by molar-refractivity contribution is -0.275. The molecule has 1 N–H and O–H groups in total. The van der Waals surface area contributed by atoms with Crippen molar-refractivity contribution in [3.8, 4) is 11.5 Å². The van der Waals surface area contributed by atoms with Crippen molar-refractivity contribution in [3.05, 3.63) is 58.1 Å². The first kappa shape index (κ1) is 20.9.